The topological polar surface area (TPSA) is 237 Å². The van der Waals surface area contributed by atoms with Crippen molar-refractivity contribution in [3.8, 4) is 0 Å². The Hall–Kier alpha value is -4.69. The van der Waals surface area contributed by atoms with Crippen molar-refractivity contribution in [2.45, 2.75) is 22.0 Å². The smallest absolute Gasteiger partial charge is 0.341 e. The Balaban J connectivity index is 0.000000292. The van der Waals surface area contributed by atoms with Crippen LogP contribution in [0.3, 0.4) is 0 Å². The van der Waals surface area contributed by atoms with Crippen molar-refractivity contribution in [2.24, 2.45) is 0 Å². The van der Waals surface area contributed by atoms with Crippen molar-refractivity contribution < 1.29 is 55.0 Å². The van der Waals surface area contributed by atoms with E-state index in [1.807, 2.05) is 0 Å². The maximum absolute atomic E-state index is 12.4. The molecule has 0 saturated heterocycles. The molecule has 0 aliphatic heterocycles. The molecule has 0 spiro atoms. The number of esters is 2. The van der Waals surface area contributed by atoms with E-state index < -0.39 is 53.2 Å². The van der Waals surface area contributed by atoms with Crippen LogP contribution in [0.2, 0.25) is 10.0 Å². The van der Waals surface area contributed by atoms with Crippen LogP contribution in [0.15, 0.2) is 107 Å². The summed E-state index contributed by atoms with van der Waals surface area (Å²) in [6.45, 7) is 0. The number of non-ortho nitro benzene ring substituents is 2. The summed E-state index contributed by atoms with van der Waals surface area (Å²) in [6, 6.07) is 21.0. The molecule has 4 rings (SSSR count). The number of carbonyl (C=O) groups excluding carboxylic acids is 2. The third-order valence-corrected chi connectivity index (χ3v) is 9.47. The van der Waals surface area contributed by atoms with Crippen LogP contribution in [-0.4, -0.2) is 57.9 Å². The van der Waals surface area contributed by atoms with Gasteiger partial charge in [0.05, 0.1) is 33.9 Å². The normalized spacial score (nSPS) is 12.0. The van der Waals surface area contributed by atoms with Gasteiger partial charge in [-0.25, -0.2) is 22.2 Å². The molecule has 0 aliphatic rings. The number of nitro groups is 2. The van der Waals surface area contributed by atoms with Gasteiger partial charge >= 0.3 is 11.9 Å². The summed E-state index contributed by atoms with van der Waals surface area (Å²) in [6.07, 6.45) is -2.92. The predicted molar refractivity (Wildman–Crippen MR) is 182 cm³/mol. The molecule has 272 valence electrons. The van der Waals surface area contributed by atoms with E-state index in [9.17, 15) is 51.8 Å². The van der Waals surface area contributed by atoms with Gasteiger partial charge in [0.25, 0.3) is 30.5 Å². The number of hydrogen-bond acceptors (Lipinski definition) is 14. The van der Waals surface area contributed by atoms with Gasteiger partial charge in [-0.15, -0.1) is 0 Å². The second-order valence-electron chi connectivity index (χ2n) is 9.36. The van der Waals surface area contributed by atoms with Crippen molar-refractivity contribution in [3.63, 3.8) is 0 Å². The summed E-state index contributed by atoms with van der Waals surface area (Å²) in [5, 5.41) is 30.7. The van der Waals surface area contributed by atoms with E-state index in [0.29, 0.717) is 10.6 Å². The van der Waals surface area contributed by atoms with Crippen molar-refractivity contribution in [2.75, 3.05) is 14.2 Å². The lowest BCUT2D eigenvalue weighted by Crippen LogP contribution is -2.21. The van der Waals surface area contributed by atoms with Gasteiger partial charge in [-0.2, -0.15) is 8.42 Å². The Labute approximate surface area is 304 Å². The largest absolute Gasteiger partial charge is 0.467 e. The zero-order valence-corrected chi connectivity index (χ0v) is 29.9. The first kappa shape index (κ1) is 42.5. The molecule has 0 heterocycles. The second kappa shape index (κ2) is 19.1. The molecule has 0 unspecified atom stereocenters. The molecule has 2 atom stereocenters. The van der Waals surface area contributed by atoms with Crippen molar-refractivity contribution in [1.82, 2.24) is 0 Å². The van der Waals surface area contributed by atoms with Crippen LogP contribution in [0.1, 0.15) is 23.3 Å². The van der Waals surface area contributed by atoms with E-state index in [1.54, 1.807) is 36.4 Å². The quantitative estimate of drug-likeness (QED) is 0.0642. The number of aliphatic hydroxyl groups excluding tert-OH is 1. The second-order valence-corrected chi connectivity index (χ2v) is 14.3. The first-order valence-corrected chi connectivity index (χ1v) is 18.0. The van der Waals surface area contributed by atoms with Crippen LogP contribution >= 0.6 is 33.9 Å². The fourth-order valence-electron chi connectivity index (χ4n) is 3.60. The number of benzene rings is 4. The van der Waals surface area contributed by atoms with Gasteiger partial charge in [-0.3, -0.25) is 20.2 Å². The lowest BCUT2D eigenvalue weighted by atomic mass is 10.1. The van der Waals surface area contributed by atoms with E-state index in [-0.39, 0.29) is 31.8 Å². The zero-order valence-electron chi connectivity index (χ0n) is 26.0. The highest BCUT2D eigenvalue weighted by molar-refractivity contribution is 8.13. The molecule has 0 saturated carbocycles. The summed E-state index contributed by atoms with van der Waals surface area (Å²) < 4.78 is 60.1. The molecule has 4 aromatic rings. The third kappa shape index (κ3) is 12.5. The molecule has 0 bridgehead atoms. The third-order valence-electron chi connectivity index (χ3n) is 6.12. The van der Waals surface area contributed by atoms with Gasteiger partial charge in [-0.05, 0) is 36.4 Å². The number of nitrogens with zero attached hydrogens (tertiary/aromatic N) is 2. The number of carbonyl (C=O) groups is 2. The van der Waals surface area contributed by atoms with E-state index in [4.69, 9.17) is 38.1 Å². The zero-order chi connectivity index (χ0) is 38.5. The Morgan fingerprint density at radius 1 is 0.667 bits per heavy atom. The van der Waals surface area contributed by atoms with E-state index in [2.05, 4.69) is 9.47 Å². The number of methoxy groups -OCH3 is 2. The number of rotatable bonds is 10. The average molecular weight is 808 g/mol. The average Bonchev–Trinajstić information content (AvgIpc) is 3.10. The van der Waals surface area contributed by atoms with E-state index in [0.717, 1.165) is 55.6 Å². The minimum absolute atomic E-state index is 0.113. The minimum Gasteiger partial charge on any atom is -0.467 e. The van der Waals surface area contributed by atoms with E-state index >= 15 is 0 Å². The first-order chi connectivity index (χ1) is 23.8. The van der Waals surface area contributed by atoms with Gasteiger partial charge in [0.2, 0.25) is 6.10 Å². The van der Waals surface area contributed by atoms with Gasteiger partial charge in [0.15, 0.2) is 6.10 Å². The molecule has 0 amide bonds. The summed E-state index contributed by atoms with van der Waals surface area (Å²) in [7, 11) is -0.919. The lowest BCUT2D eigenvalue weighted by molar-refractivity contribution is -0.385. The molecule has 4 aromatic carbocycles. The van der Waals surface area contributed by atoms with Crippen LogP contribution in [0, 0.1) is 20.2 Å². The molecule has 21 heteroatoms. The number of halogens is 3. The van der Waals surface area contributed by atoms with Crippen LogP contribution in [0.4, 0.5) is 11.4 Å². The Morgan fingerprint density at radius 3 is 1.43 bits per heavy atom. The van der Waals surface area contributed by atoms with Crippen LogP contribution in [0.25, 0.3) is 0 Å². The SMILES string of the molecule is COC(=O)[C@H](O)c1ccccc1Cl.COC(=O)[C@H](OS(=O)(=O)c1ccc([N+](=O)[O-])cc1)c1ccccc1Cl.O=[N+]([O-])c1ccc(S(=O)(=O)Cl)cc1. The number of nitro benzene ring substituents is 2. The highest BCUT2D eigenvalue weighted by Gasteiger charge is 2.31. The molecular weight excluding hydrogens is 783 g/mol. The molecule has 0 aromatic heterocycles. The van der Waals surface area contributed by atoms with E-state index in [1.165, 1.54) is 19.2 Å². The molecular formula is C30H25Cl3N2O14S2. The van der Waals surface area contributed by atoms with Gasteiger partial charge in [0.1, 0.15) is 0 Å². The molecule has 1 N–H and O–H groups in total. The molecule has 0 fully saturated rings. The Kier molecular flexibility index (Phi) is 15.9. The maximum Gasteiger partial charge on any atom is 0.341 e. The summed E-state index contributed by atoms with van der Waals surface area (Å²) >= 11 is 11.7. The molecule has 16 nitrogen and oxygen atoms in total. The predicted octanol–water partition coefficient (Wildman–Crippen LogP) is 5.94. The molecule has 0 radical (unpaired) electrons. The van der Waals surface area contributed by atoms with Crippen LogP contribution in [-0.2, 0) is 42.4 Å². The fourth-order valence-corrected chi connectivity index (χ4v) is 5.86. The number of hydrogen-bond donors (Lipinski definition) is 1. The van der Waals surface area contributed by atoms with Gasteiger partial charge in [-0.1, -0.05) is 59.6 Å². The Bertz CT molecular complexity index is 2080. The van der Waals surface area contributed by atoms with Crippen LogP contribution in [0.5, 0.6) is 0 Å². The highest BCUT2D eigenvalue weighted by atomic mass is 35.7. The summed E-state index contributed by atoms with van der Waals surface area (Å²) in [5.41, 5.74) is 0.0103. The van der Waals surface area contributed by atoms with Gasteiger partial charge < -0.3 is 14.6 Å². The van der Waals surface area contributed by atoms with Crippen molar-refractivity contribution in [1.29, 1.82) is 0 Å². The lowest BCUT2D eigenvalue weighted by Gasteiger charge is -2.16. The van der Waals surface area contributed by atoms with Crippen molar-refractivity contribution >= 4 is 76.4 Å². The minimum atomic E-state index is -4.40. The fraction of sp³-hybridized carbons (Fsp3) is 0.133. The number of aliphatic hydroxyl groups is 1. The highest BCUT2D eigenvalue weighted by Crippen LogP contribution is 2.30. The molecule has 0 aliphatic carbocycles. The summed E-state index contributed by atoms with van der Waals surface area (Å²) in [5.74, 6) is -1.67. The van der Waals surface area contributed by atoms with Gasteiger partial charge in [0, 0.05) is 56.1 Å². The standard InChI is InChI=1S/C15H12ClNO7S.C9H9ClO3.C6H4ClNO4S/c1-23-15(18)14(12-4-2-3-5-13(12)16)24-25(21,22)11-8-6-10(7-9-11)17(19)20;1-13-9(12)8(11)6-4-2-3-5-7(6)10;7-13(11,12)6-3-1-5(2-4-6)8(9)10/h2-9,14H,1H3;2-5,8,11H,1H3;1-4H/t14-;8-;/m11./s1. The molecule has 51 heavy (non-hydrogen) atoms. The first-order valence-electron chi connectivity index (χ1n) is 13.5. The van der Waals surface area contributed by atoms with Crippen LogP contribution < -0.4 is 0 Å². The monoisotopic (exact) mass is 806 g/mol. The van der Waals surface area contributed by atoms with Crippen molar-refractivity contribution in [3.05, 3.63) is 138 Å². The summed E-state index contributed by atoms with van der Waals surface area (Å²) in [4.78, 5) is 41.9. The number of ether oxygens (including phenoxy) is 2. The maximum atomic E-state index is 12.4. The Morgan fingerprint density at radius 2 is 1.06 bits per heavy atom.